The van der Waals surface area contributed by atoms with Gasteiger partial charge < -0.3 is 14.7 Å². The third-order valence-corrected chi connectivity index (χ3v) is 3.35. The van der Waals surface area contributed by atoms with Gasteiger partial charge in [0.25, 0.3) is 0 Å². The van der Waals surface area contributed by atoms with Crippen LogP contribution in [0.2, 0.25) is 0 Å². The van der Waals surface area contributed by atoms with Crippen LogP contribution in [0, 0.1) is 0 Å². The van der Waals surface area contributed by atoms with Crippen LogP contribution in [-0.2, 0) is 6.42 Å². The van der Waals surface area contributed by atoms with Crippen LogP contribution in [0.5, 0.6) is 0 Å². The van der Waals surface area contributed by atoms with Gasteiger partial charge in [0.1, 0.15) is 6.26 Å². The molecule has 0 saturated heterocycles. The largest absolute Gasteiger partial charge is 0.472 e. The average Bonchev–Trinajstić information content (AvgIpc) is 2.98. The summed E-state index contributed by atoms with van der Waals surface area (Å²) >= 11 is 0. The fraction of sp³-hybridized carbons (Fsp3) is 0.500. The Bertz CT molecular complexity index is 484. The minimum atomic E-state index is -0.153. The van der Waals surface area contributed by atoms with Gasteiger partial charge in [-0.1, -0.05) is 18.0 Å². The van der Waals surface area contributed by atoms with E-state index in [1.807, 2.05) is 6.07 Å². The predicted molar refractivity (Wildman–Crippen MR) is 61.1 cm³/mol. The van der Waals surface area contributed by atoms with E-state index in [9.17, 15) is 0 Å². The fourth-order valence-electron chi connectivity index (χ4n) is 2.39. The molecule has 0 bridgehead atoms. The van der Waals surface area contributed by atoms with Crippen molar-refractivity contribution in [2.75, 3.05) is 0 Å². The normalized spacial score (nSPS) is 18.6. The number of furan rings is 1. The Balaban J connectivity index is 1.77. The molecular formula is C12H15N3O2. The van der Waals surface area contributed by atoms with E-state index in [0.29, 0.717) is 18.1 Å². The second-order valence-corrected chi connectivity index (χ2v) is 4.77. The van der Waals surface area contributed by atoms with Crippen LogP contribution in [0.3, 0.4) is 0 Å². The predicted octanol–water partition coefficient (Wildman–Crippen LogP) is 2.14. The standard InChI is InChI=1S/C12H15N3O2/c13-12(4-1-2-5-12)7-10-14-11(15-17-10)9-3-6-16-8-9/h3,6,8H,1-2,4-5,7,13H2. The molecule has 0 aliphatic heterocycles. The Morgan fingerprint density at radius 1 is 1.35 bits per heavy atom. The van der Waals surface area contributed by atoms with Gasteiger partial charge in [-0.15, -0.1) is 0 Å². The van der Waals surface area contributed by atoms with Gasteiger partial charge in [-0.3, -0.25) is 0 Å². The molecule has 0 atom stereocenters. The molecule has 2 aromatic heterocycles. The summed E-state index contributed by atoms with van der Waals surface area (Å²) < 4.78 is 10.2. The second kappa shape index (κ2) is 4.00. The van der Waals surface area contributed by atoms with Gasteiger partial charge in [-0.2, -0.15) is 4.98 Å². The maximum Gasteiger partial charge on any atom is 0.228 e. The first-order valence-corrected chi connectivity index (χ1v) is 5.89. The summed E-state index contributed by atoms with van der Waals surface area (Å²) in [6.45, 7) is 0. The van der Waals surface area contributed by atoms with Crippen molar-refractivity contribution in [3.05, 3.63) is 24.5 Å². The molecular weight excluding hydrogens is 218 g/mol. The Morgan fingerprint density at radius 3 is 2.88 bits per heavy atom. The van der Waals surface area contributed by atoms with Crippen molar-refractivity contribution in [1.82, 2.24) is 10.1 Å². The van der Waals surface area contributed by atoms with Crippen LogP contribution >= 0.6 is 0 Å². The van der Waals surface area contributed by atoms with E-state index in [4.69, 9.17) is 14.7 Å². The number of hydrogen-bond donors (Lipinski definition) is 1. The number of rotatable bonds is 3. The van der Waals surface area contributed by atoms with Gasteiger partial charge in [-0.05, 0) is 18.9 Å². The lowest BCUT2D eigenvalue weighted by molar-refractivity contribution is 0.329. The molecule has 5 nitrogen and oxygen atoms in total. The summed E-state index contributed by atoms with van der Waals surface area (Å²) in [6.07, 6.45) is 8.32. The van der Waals surface area contributed by atoms with E-state index >= 15 is 0 Å². The smallest absolute Gasteiger partial charge is 0.228 e. The van der Waals surface area contributed by atoms with E-state index in [1.165, 1.54) is 12.8 Å². The number of hydrogen-bond acceptors (Lipinski definition) is 5. The van der Waals surface area contributed by atoms with Crippen LogP contribution in [0.15, 0.2) is 27.5 Å². The van der Waals surface area contributed by atoms with Crippen molar-refractivity contribution in [1.29, 1.82) is 0 Å². The molecule has 0 radical (unpaired) electrons. The highest BCUT2D eigenvalue weighted by Gasteiger charge is 2.31. The maximum atomic E-state index is 6.27. The fourth-order valence-corrected chi connectivity index (χ4v) is 2.39. The highest BCUT2D eigenvalue weighted by molar-refractivity contribution is 5.51. The zero-order chi connectivity index (χ0) is 11.7. The molecule has 1 aliphatic carbocycles. The lowest BCUT2D eigenvalue weighted by atomic mass is 9.95. The first kappa shape index (κ1) is 10.5. The van der Waals surface area contributed by atoms with Gasteiger partial charge in [0.2, 0.25) is 11.7 Å². The molecule has 0 unspecified atom stereocenters. The summed E-state index contributed by atoms with van der Waals surface area (Å²) in [5.41, 5.74) is 6.95. The van der Waals surface area contributed by atoms with E-state index < -0.39 is 0 Å². The maximum absolute atomic E-state index is 6.27. The van der Waals surface area contributed by atoms with Gasteiger partial charge >= 0.3 is 0 Å². The number of nitrogens with two attached hydrogens (primary N) is 1. The summed E-state index contributed by atoms with van der Waals surface area (Å²) in [6, 6.07) is 1.81. The topological polar surface area (TPSA) is 78.1 Å². The zero-order valence-electron chi connectivity index (χ0n) is 9.56. The molecule has 1 saturated carbocycles. The molecule has 2 N–H and O–H groups in total. The molecule has 1 fully saturated rings. The second-order valence-electron chi connectivity index (χ2n) is 4.77. The van der Waals surface area contributed by atoms with Crippen LogP contribution < -0.4 is 5.73 Å². The molecule has 17 heavy (non-hydrogen) atoms. The van der Waals surface area contributed by atoms with Gasteiger partial charge in [0, 0.05) is 12.0 Å². The van der Waals surface area contributed by atoms with Crippen LogP contribution in [-0.4, -0.2) is 15.7 Å². The molecule has 2 aromatic rings. The van der Waals surface area contributed by atoms with Crippen molar-refractivity contribution in [2.45, 2.75) is 37.6 Å². The minimum Gasteiger partial charge on any atom is -0.472 e. The third-order valence-electron chi connectivity index (χ3n) is 3.35. The average molecular weight is 233 g/mol. The minimum absolute atomic E-state index is 0.153. The SMILES string of the molecule is NC1(Cc2nc(-c3ccoc3)no2)CCCC1. The van der Waals surface area contributed by atoms with E-state index in [2.05, 4.69) is 10.1 Å². The van der Waals surface area contributed by atoms with Crippen molar-refractivity contribution in [2.24, 2.45) is 5.73 Å². The first-order valence-electron chi connectivity index (χ1n) is 5.89. The van der Waals surface area contributed by atoms with Crippen molar-refractivity contribution in [3.8, 4) is 11.4 Å². The molecule has 0 aromatic carbocycles. The van der Waals surface area contributed by atoms with Gasteiger partial charge in [-0.25, -0.2) is 0 Å². The van der Waals surface area contributed by atoms with Crippen molar-refractivity contribution < 1.29 is 8.94 Å². The monoisotopic (exact) mass is 233 g/mol. The first-order chi connectivity index (χ1) is 8.25. The summed E-state index contributed by atoms with van der Waals surface area (Å²) in [5.74, 6) is 1.18. The third kappa shape index (κ3) is 2.10. The zero-order valence-corrected chi connectivity index (χ0v) is 9.56. The molecule has 1 aliphatic rings. The Hall–Kier alpha value is -1.62. The van der Waals surface area contributed by atoms with Crippen LogP contribution in [0.25, 0.3) is 11.4 Å². The summed E-state index contributed by atoms with van der Waals surface area (Å²) in [5, 5.41) is 3.93. The van der Waals surface area contributed by atoms with E-state index in [1.54, 1.807) is 12.5 Å². The molecule has 2 heterocycles. The summed E-state index contributed by atoms with van der Waals surface area (Å²) in [4.78, 5) is 4.34. The molecule has 0 amide bonds. The Morgan fingerprint density at radius 2 is 2.18 bits per heavy atom. The molecule has 3 rings (SSSR count). The number of aromatic nitrogens is 2. The highest BCUT2D eigenvalue weighted by Crippen LogP contribution is 2.30. The highest BCUT2D eigenvalue weighted by atomic mass is 16.5. The lowest BCUT2D eigenvalue weighted by Gasteiger charge is -2.20. The van der Waals surface area contributed by atoms with Crippen LogP contribution in [0.4, 0.5) is 0 Å². The Labute approximate surface area is 99.0 Å². The molecule has 90 valence electrons. The van der Waals surface area contributed by atoms with E-state index in [-0.39, 0.29) is 5.54 Å². The number of nitrogens with zero attached hydrogens (tertiary/aromatic N) is 2. The van der Waals surface area contributed by atoms with Crippen LogP contribution in [0.1, 0.15) is 31.6 Å². The van der Waals surface area contributed by atoms with Gasteiger partial charge in [0.15, 0.2) is 0 Å². The quantitative estimate of drug-likeness (QED) is 0.878. The van der Waals surface area contributed by atoms with Gasteiger partial charge in [0.05, 0.1) is 11.8 Å². The van der Waals surface area contributed by atoms with Crippen molar-refractivity contribution in [3.63, 3.8) is 0 Å². The summed E-state index contributed by atoms with van der Waals surface area (Å²) in [7, 11) is 0. The van der Waals surface area contributed by atoms with E-state index in [0.717, 1.165) is 18.4 Å². The lowest BCUT2D eigenvalue weighted by Crippen LogP contribution is -2.38. The molecule has 0 spiro atoms. The molecule has 5 heteroatoms. The Kier molecular flexibility index (Phi) is 2.48. The van der Waals surface area contributed by atoms with Crippen molar-refractivity contribution >= 4 is 0 Å².